The summed E-state index contributed by atoms with van der Waals surface area (Å²) in [5, 5.41) is 0. The molecule has 0 atom stereocenters. The van der Waals surface area contributed by atoms with Crippen LogP contribution in [-0.2, 0) is 20.9 Å². The number of piperazine rings is 1. The van der Waals surface area contributed by atoms with E-state index in [1.807, 2.05) is 28.0 Å². The van der Waals surface area contributed by atoms with Gasteiger partial charge in [-0.2, -0.15) is 0 Å². The van der Waals surface area contributed by atoms with Crippen LogP contribution in [0.5, 0.6) is 0 Å². The summed E-state index contributed by atoms with van der Waals surface area (Å²) in [6.45, 7) is 16.1. The first-order chi connectivity index (χ1) is 17.9. The van der Waals surface area contributed by atoms with E-state index >= 15 is 0 Å². The highest BCUT2D eigenvalue weighted by molar-refractivity contribution is 5.92. The first-order valence-electron chi connectivity index (χ1n) is 14.3. The maximum atomic E-state index is 13.7. The molecule has 0 saturated carbocycles. The molecule has 0 radical (unpaired) electrons. The Balaban J connectivity index is 1.50. The van der Waals surface area contributed by atoms with Crippen molar-refractivity contribution in [1.29, 1.82) is 0 Å². The van der Waals surface area contributed by atoms with E-state index < -0.39 is 0 Å². The third-order valence-corrected chi connectivity index (χ3v) is 8.28. The molecule has 3 aliphatic rings. The zero-order valence-electron chi connectivity index (χ0n) is 23.2. The Morgan fingerprint density at radius 2 is 1.59 bits per heavy atom. The molecule has 0 N–H and O–H groups in total. The van der Waals surface area contributed by atoms with Gasteiger partial charge in [0.2, 0.25) is 11.8 Å². The van der Waals surface area contributed by atoms with Crippen LogP contribution in [0.4, 0.5) is 5.69 Å². The molecule has 1 aromatic rings. The first-order valence-corrected chi connectivity index (χ1v) is 14.3. The van der Waals surface area contributed by atoms with Gasteiger partial charge in [-0.3, -0.25) is 19.4 Å². The lowest BCUT2D eigenvalue weighted by Crippen LogP contribution is -2.51. The average Bonchev–Trinajstić information content (AvgIpc) is 2.89. The van der Waals surface area contributed by atoms with Gasteiger partial charge < -0.3 is 19.4 Å². The minimum atomic E-state index is 0.0584. The zero-order valence-corrected chi connectivity index (χ0v) is 23.2. The smallest absolute Gasteiger partial charge is 0.237 e. The lowest BCUT2D eigenvalue weighted by molar-refractivity contribution is -0.133. The Morgan fingerprint density at radius 3 is 2.27 bits per heavy atom. The molecule has 2 amide bonds. The standard InChI is InChI=1S/C29H47N5O3/c1-24(2)31-18-16-30(17-19-31)23-29(36)33-14-6-12-32(27-10-20-37-21-11-27)13-7-15-34(25(3)35)28-9-5-4-8-26(28)22-33/h4-5,8-9,24,27H,6-7,10-23H2,1-3H3. The van der Waals surface area contributed by atoms with Gasteiger partial charge >= 0.3 is 0 Å². The van der Waals surface area contributed by atoms with Crippen molar-refractivity contribution in [1.82, 2.24) is 19.6 Å². The second-order valence-corrected chi connectivity index (χ2v) is 11.1. The third-order valence-electron chi connectivity index (χ3n) is 8.28. The Labute approximate surface area is 223 Å². The number of carbonyl (C=O) groups is 2. The van der Waals surface area contributed by atoms with E-state index in [2.05, 4.69) is 34.6 Å². The van der Waals surface area contributed by atoms with Crippen LogP contribution in [0.25, 0.3) is 0 Å². The van der Waals surface area contributed by atoms with Gasteiger partial charge in [-0.15, -0.1) is 0 Å². The van der Waals surface area contributed by atoms with E-state index in [1.165, 1.54) is 0 Å². The highest BCUT2D eigenvalue weighted by Crippen LogP contribution is 2.25. The summed E-state index contributed by atoms with van der Waals surface area (Å²) in [6, 6.07) is 9.20. The van der Waals surface area contributed by atoms with Crippen molar-refractivity contribution >= 4 is 17.5 Å². The molecule has 8 nitrogen and oxygen atoms in total. The fourth-order valence-corrected chi connectivity index (χ4v) is 6.01. The lowest BCUT2D eigenvalue weighted by atomic mass is 10.1. The van der Waals surface area contributed by atoms with Crippen molar-refractivity contribution in [2.24, 2.45) is 0 Å². The lowest BCUT2D eigenvalue weighted by Gasteiger charge is -2.38. The normalized spacial score (nSPS) is 22.4. The van der Waals surface area contributed by atoms with Crippen LogP contribution in [0.15, 0.2) is 24.3 Å². The van der Waals surface area contributed by atoms with Gasteiger partial charge in [-0.05, 0) is 51.2 Å². The molecular weight excluding hydrogens is 466 g/mol. The van der Waals surface area contributed by atoms with Gasteiger partial charge in [0, 0.05) is 96.8 Å². The number of nitrogens with zero attached hydrogens (tertiary/aromatic N) is 5. The Bertz CT molecular complexity index is 880. The van der Waals surface area contributed by atoms with Gasteiger partial charge in [0.1, 0.15) is 0 Å². The number of amides is 2. The molecule has 0 bridgehead atoms. The van der Waals surface area contributed by atoms with Gasteiger partial charge in [0.15, 0.2) is 0 Å². The monoisotopic (exact) mass is 513 g/mol. The second-order valence-electron chi connectivity index (χ2n) is 11.1. The molecule has 2 saturated heterocycles. The number of fused-ring (bicyclic) bond motifs is 1. The van der Waals surface area contributed by atoms with Gasteiger partial charge in [-0.1, -0.05) is 18.2 Å². The van der Waals surface area contributed by atoms with Gasteiger partial charge in [0.05, 0.1) is 6.54 Å². The molecule has 4 rings (SSSR count). The van der Waals surface area contributed by atoms with Crippen LogP contribution in [0.3, 0.4) is 0 Å². The Kier molecular flexibility index (Phi) is 10.4. The number of benzene rings is 1. The summed E-state index contributed by atoms with van der Waals surface area (Å²) in [4.78, 5) is 37.7. The molecule has 8 heteroatoms. The summed E-state index contributed by atoms with van der Waals surface area (Å²) < 4.78 is 5.62. The maximum Gasteiger partial charge on any atom is 0.237 e. The summed E-state index contributed by atoms with van der Waals surface area (Å²) in [6.07, 6.45) is 4.02. The molecule has 2 fully saturated rings. The van der Waals surface area contributed by atoms with Crippen LogP contribution in [0.1, 0.15) is 52.0 Å². The minimum absolute atomic E-state index is 0.0584. The number of hydrogen-bond acceptors (Lipinski definition) is 6. The highest BCUT2D eigenvalue weighted by atomic mass is 16.5. The van der Waals surface area contributed by atoms with E-state index in [0.29, 0.717) is 31.7 Å². The molecule has 0 aliphatic carbocycles. The molecule has 37 heavy (non-hydrogen) atoms. The van der Waals surface area contributed by atoms with E-state index in [9.17, 15) is 9.59 Å². The molecule has 3 heterocycles. The van der Waals surface area contributed by atoms with Crippen molar-refractivity contribution in [2.75, 3.05) is 77.0 Å². The maximum absolute atomic E-state index is 13.7. The minimum Gasteiger partial charge on any atom is -0.381 e. The van der Waals surface area contributed by atoms with Crippen LogP contribution in [0, 0.1) is 0 Å². The van der Waals surface area contributed by atoms with Crippen LogP contribution in [0.2, 0.25) is 0 Å². The second kappa shape index (κ2) is 13.7. The molecule has 0 aromatic heterocycles. The predicted octanol–water partition coefficient (Wildman–Crippen LogP) is 2.67. The Hall–Kier alpha value is -2.00. The topological polar surface area (TPSA) is 59.6 Å². The predicted molar refractivity (Wildman–Crippen MR) is 148 cm³/mol. The third kappa shape index (κ3) is 7.76. The highest BCUT2D eigenvalue weighted by Gasteiger charge is 2.26. The first kappa shape index (κ1) is 28.0. The number of rotatable bonds is 4. The van der Waals surface area contributed by atoms with E-state index in [0.717, 1.165) is 96.0 Å². The van der Waals surface area contributed by atoms with E-state index in [-0.39, 0.29) is 11.8 Å². The van der Waals surface area contributed by atoms with E-state index in [1.54, 1.807) is 6.92 Å². The summed E-state index contributed by atoms with van der Waals surface area (Å²) in [7, 11) is 0. The van der Waals surface area contributed by atoms with Crippen LogP contribution >= 0.6 is 0 Å². The van der Waals surface area contributed by atoms with E-state index in [4.69, 9.17) is 4.74 Å². The largest absolute Gasteiger partial charge is 0.381 e. The number of para-hydroxylation sites is 1. The molecule has 0 unspecified atom stereocenters. The molecule has 0 spiro atoms. The zero-order chi connectivity index (χ0) is 26.2. The molecule has 206 valence electrons. The fourth-order valence-electron chi connectivity index (χ4n) is 6.01. The van der Waals surface area contributed by atoms with Crippen LogP contribution in [-0.4, -0.2) is 116 Å². The summed E-state index contributed by atoms with van der Waals surface area (Å²) >= 11 is 0. The number of ether oxygens (including phenoxy) is 1. The molecule has 1 aromatic carbocycles. The molecule has 3 aliphatic heterocycles. The fraction of sp³-hybridized carbons (Fsp3) is 0.724. The SMILES string of the molecule is CC(=O)N1CCCN(C2CCOCC2)CCCN(C(=O)CN2CCN(C(C)C)CC2)Cc2ccccc21. The summed E-state index contributed by atoms with van der Waals surface area (Å²) in [5.74, 6) is 0.250. The van der Waals surface area contributed by atoms with Gasteiger partial charge in [0.25, 0.3) is 0 Å². The van der Waals surface area contributed by atoms with Crippen molar-refractivity contribution < 1.29 is 14.3 Å². The van der Waals surface area contributed by atoms with Crippen molar-refractivity contribution in [2.45, 2.75) is 65.1 Å². The summed E-state index contributed by atoms with van der Waals surface area (Å²) in [5.41, 5.74) is 1.99. The number of hydrogen-bond donors (Lipinski definition) is 0. The number of carbonyl (C=O) groups excluding carboxylic acids is 2. The molecular formula is C29H47N5O3. The average molecular weight is 514 g/mol. The Morgan fingerprint density at radius 1 is 0.919 bits per heavy atom. The van der Waals surface area contributed by atoms with Crippen molar-refractivity contribution in [3.63, 3.8) is 0 Å². The van der Waals surface area contributed by atoms with Crippen LogP contribution < -0.4 is 4.90 Å². The van der Waals surface area contributed by atoms with Crippen molar-refractivity contribution in [3.8, 4) is 0 Å². The number of anilines is 1. The van der Waals surface area contributed by atoms with Crippen molar-refractivity contribution in [3.05, 3.63) is 29.8 Å². The van der Waals surface area contributed by atoms with Gasteiger partial charge in [-0.25, -0.2) is 0 Å². The quantitative estimate of drug-likeness (QED) is 0.617.